The van der Waals surface area contributed by atoms with Gasteiger partial charge in [-0.1, -0.05) is 209 Å². The SMILES string of the molecule is CCCCCCC/C=C\C/C=C\C/C=C\CCCCCCCCCCCCC(=O)NC(CO)C(O)/C=C/CC/C=C/CC/C=C/CCCCCCCCCC. The highest BCUT2D eigenvalue weighted by molar-refractivity contribution is 5.76. The van der Waals surface area contributed by atoms with Gasteiger partial charge in [-0.3, -0.25) is 4.79 Å². The van der Waals surface area contributed by atoms with Crippen molar-refractivity contribution in [3.05, 3.63) is 72.9 Å². The minimum atomic E-state index is -0.875. The van der Waals surface area contributed by atoms with Crippen molar-refractivity contribution in [2.24, 2.45) is 0 Å². The maximum atomic E-state index is 12.4. The minimum Gasteiger partial charge on any atom is -0.394 e. The van der Waals surface area contributed by atoms with Gasteiger partial charge in [0.05, 0.1) is 18.8 Å². The summed E-state index contributed by atoms with van der Waals surface area (Å²) in [4.78, 5) is 12.4. The lowest BCUT2D eigenvalue weighted by molar-refractivity contribution is -0.123. The molecule has 0 saturated heterocycles. The van der Waals surface area contributed by atoms with Crippen molar-refractivity contribution in [3.8, 4) is 0 Å². The highest BCUT2D eigenvalue weighted by Crippen LogP contribution is 2.13. The van der Waals surface area contributed by atoms with Gasteiger partial charge in [-0.15, -0.1) is 0 Å². The van der Waals surface area contributed by atoms with Crippen molar-refractivity contribution in [2.45, 2.75) is 238 Å². The van der Waals surface area contributed by atoms with E-state index in [1.807, 2.05) is 6.08 Å². The summed E-state index contributed by atoms with van der Waals surface area (Å²) in [6.07, 6.45) is 65.9. The van der Waals surface area contributed by atoms with E-state index in [0.29, 0.717) is 6.42 Å². The molecule has 0 spiro atoms. The Labute approximate surface area is 342 Å². The summed E-state index contributed by atoms with van der Waals surface area (Å²) in [5, 5.41) is 23.0. The van der Waals surface area contributed by atoms with Gasteiger partial charge in [0.1, 0.15) is 0 Å². The zero-order valence-electron chi connectivity index (χ0n) is 36.4. The van der Waals surface area contributed by atoms with Gasteiger partial charge in [-0.05, 0) is 83.5 Å². The maximum Gasteiger partial charge on any atom is 0.220 e. The summed E-state index contributed by atoms with van der Waals surface area (Å²) >= 11 is 0. The van der Waals surface area contributed by atoms with Gasteiger partial charge < -0.3 is 15.5 Å². The van der Waals surface area contributed by atoms with Crippen molar-refractivity contribution >= 4 is 5.91 Å². The lowest BCUT2D eigenvalue weighted by atomic mass is 10.0. The Balaban J connectivity index is 3.64. The summed E-state index contributed by atoms with van der Waals surface area (Å²) in [6, 6.07) is -0.651. The molecule has 4 nitrogen and oxygen atoms in total. The third-order valence-corrected chi connectivity index (χ3v) is 10.4. The fourth-order valence-electron chi connectivity index (χ4n) is 6.75. The standard InChI is InChI=1S/C51H91NO3/c1-3-5-7-9-11-13-15-17-19-21-23-24-25-26-27-28-29-31-33-35-37-39-41-43-45-47-51(55)52-49(48-53)50(54)46-44-42-40-38-36-34-32-30-22-20-18-16-14-12-10-8-6-4-2/h15,17,21-23,25-26,30,36,38,44,46,49-50,53-54H,3-14,16,18-20,24,27-29,31-35,37,39-43,45,47-48H2,1-2H3,(H,52,55)/b17-15-,23-21-,26-25-,30-22+,38-36+,46-44+. The summed E-state index contributed by atoms with van der Waals surface area (Å²) in [6.45, 7) is 4.27. The van der Waals surface area contributed by atoms with E-state index < -0.39 is 12.1 Å². The number of hydrogen-bond donors (Lipinski definition) is 3. The zero-order chi connectivity index (χ0) is 40.0. The van der Waals surface area contributed by atoms with E-state index in [1.54, 1.807) is 6.08 Å². The van der Waals surface area contributed by atoms with Crippen LogP contribution in [-0.2, 0) is 4.79 Å². The molecule has 0 aliphatic rings. The topological polar surface area (TPSA) is 69.6 Å². The average Bonchev–Trinajstić information content (AvgIpc) is 3.19. The first kappa shape index (κ1) is 52.8. The summed E-state index contributed by atoms with van der Waals surface area (Å²) in [5.74, 6) is -0.0842. The molecular weight excluding hydrogens is 675 g/mol. The van der Waals surface area contributed by atoms with E-state index in [9.17, 15) is 15.0 Å². The molecule has 0 rings (SSSR count). The summed E-state index contributed by atoms with van der Waals surface area (Å²) in [5.41, 5.74) is 0. The summed E-state index contributed by atoms with van der Waals surface area (Å²) < 4.78 is 0. The number of rotatable bonds is 42. The number of hydrogen-bond acceptors (Lipinski definition) is 3. The van der Waals surface area contributed by atoms with E-state index in [-0.39, 0.29) is 12.5 Å². The number of carbonyl (C=O) groups excluding carboxylic acids is 1. The molecule has 0 aromatic heterocycles. The van der Waals surface area contributed by atoms with Crippen molar-refractivity contribution in [3.63, 3.8) is 0 Å². The first-order valence-electron chi connectivity index (χ1n) is 23.7. The molecule has 2 unspecified atom stereocenters. The van der Waals surface area contributed by atoms with Crippen molar-refractivity contribution in [1.82, 2.24) is 5.32 Å². The molecule has 3 N–H and O–H groups in total. The van der Waals surface area contributed by atoms with Crippen LogP contribution in [0.2, 0.25) is 0 Å². The number of aliphatic hydroxyl groups excluding tert-OH is 2. The molecule has 0 bridgehead atoms. The molecule has 4 heteroatoms. The van der Waals surface area contributed by atoms with E-state index in [2.05, 4.69) is 79.9 Å². The van der Waals surface area contributed by atoms with E-state index >= 15 is 0 Å². The summed E-state index contributed by atoms with van der Waals surface area (Å²) in [7, 11) is 0. The number of carbonyl (C=O) groups is 1. The van der Waals surface area contributed by atoms with Gasteiger partial charge in [0.2, 0.25) is 5.91 Å². The van der Waals surface area contributed by atoms with Crippen molar-refractivity contribution in [2.75, 3.05) is 6.61 Å². The predicted molar refractivity (Wildman–Crippen MR) is 244 cm³/mol. The van der Waals surface area contributed by atoms with Gasteiger partial charge in [-0.2, -0.15) is 0 Å². The second-order valence-electron chi connectivity index (χ2n) is 15.8. The van der Waals surface area contributed by atoms with Crippen LogP contribution < -0.4 is 5.32 Å². The van der Waals surface area contributed by atoms with Gasteiger partial charge in [0.25, 0.3) is 0 Å². The van der Waals surface area contributed by atoms with Crippen molar-refractivity contribution < 1.29 is 15.0 Å². The molecule has 1 amide bonds. The first-order chi connectivity index (χ1) is 27.2. The molecule has 0 aliphatic heterocycles. The third-order valence-electron chi connectivity index (χ3n) is 10.4. The van der Waals surface area contributed by atoms with E-state index in [1.165, 1.54) is 154 Å². The number of allylic oxidation sites excluding steroid dienone is 11. The van der Waals surface area contributed by atoms with Crippen LogP contribution in [0, 0.1) is 0 Å². The Morgan fingerprint density at radius 2 is 0.764 bits per heavy atom. The van der Waals surface area contributed by atoms with Crippen LogP contribution >= 0.6 is 0 Å². The second-order valence-corrected chi connectivity index (χ2v) is 15.8. The van der Waals surface area contributed by atoms with Gasteiger partial charge in [-0.25, -0.2) is 0 Å². The van der Waals surface area contributed by atoms with E-state index in [0.717, 1.165) is 51.4 Å². The lowest BCUT2D eigenvalue weighted by Gasteiger charge is -2.19. The molecule has 0 saturated carbocycles. The van der Waals surface area contributed by atoms with Crippen molar-refractivity contribution in [1.29, 1.82) is 0 Å². The van der Waals surface area contributed by atoms with Crippen LogP contribution in [-0.4, -0.2) is 34.9 Å². The van der Waals surface area contributed by atoms with Crippen LogP contribution in [0.3, 0.4) is 0 Å². The quantitative estimate of drug-likeness (QED) is 0.0428. The van der Waals surface area contributed by atoms with Gasteiger partial charge in [0, 0.05) is 6.42 Å². The third kappa shape index (κ3) is 42.8. The second kappa shape index (κ2) is 46.2. The molecule has 2 atom stereocenters. The molecule has 0 heterocycles. The molecule has 0 fully saturated rings. The highest BCUT2D eigenvalue weighted by atomic mass is 16.3. The largest absolute Gasteiger partial charge is 0.394 e. The zero-order valence-corrected chi connectivity index (χ0v) is 36.4. The Bertz CT molecular complexity index is 961. The molecule has 318 valence electrons. The number of amides is 1. The monoisotopic (exact) mass is 766 g/mol. The smallest absolute Gasteiger partial charge is 0.220 e. The molecule has 0 aromatic carbocycles. The van der Waals surface area contributed by atoms with Crippen LogP contribution in [0.5, 0.6) is 0 Å². The van der Waals surface area contributed by atoms with E-state index in [4.69, 9.17) is 0 Å². The number of unbranched alkanes of at least 4 members (excludes halogenated alkanes) is 25. The van der Waals surface area contributed by atoms with Crippen LogP contribution in [0.4, 0.5) is 0 Å². The average molecular weight is 766 g/mol. The molecular formula is C51H91NO3. The minimum absolute atomic E-state index is 0.0842. The Morgan fingerprint density at radius 3 is 1.18 bits per heavy atom. The normalized spacial score (nSPS) is 13.6. The van der Waals surface area contributed by atoms with Gasteiger partial charge >= 0.3 is 0 Å². The number of nitrogens with one attached hydrogen (secondary N) is 1. The maximum absolute atomic E-state index is 12.4. The Kier molecular flexibility index (Phi) is 44.4. The Hall–Kier alpha value is -2.17. The molecule has 0 radical (unpaired) electrons. The molecule has 0 aromatic rings. The Morgan fingerprint density at radius 1 is 0.436 bits per heavy atom. The molecule has 0 aliphatic carbocycles. The fraction of sp³-hybridized carbons (Fsp3) is 0.745. The fourth-order valence-corrected chi connectivity index (χ4v) is 6.75. The highest BCUT2D eigenvalue weighted by Gasteiger charge is 2.17. The molecule has 55 heavy (non-hydrogen) atoms. The number of aliphatic hydroxyl groups is 2. The van der Waals surface area contributed by atoms with Crippen LogP contribution in [0.1, 0.15) is 226 Å². The lowest BCUT2D eigenvalue weighted by Crippen LogP contribution is -2.45. The predicted octanol–water partition coefficient (Wildman–Crippen LogP) is 15.1. The van der Waals surface area contributed by atoms with Gasteiger partial charge in [0.15, 0.2) is 0 Å². The van der Waals surface area contributed by atoms with Crippen LogP contribution in [0.15, 0.2) is 72.9 Å². The van der Waals surface area contributed by atoms with Crippen LogP contribution in [0.25, 0.3) is 0 Å². The first-order valence-corrected chi connectivity index (χ1v) is 23.7.